The van der Waals surface area contributed by atoms with Gasteiger partial charge in [0.05, 0.1) is 40.8 Å². The van der Waals surface area contributed by atoms with Crippen LogP contribution in [0.3, 0.4) is 0 Å². The number of nitrogens with zero attached hydrogens (tertiary/aromatic N) is 5. The molecule has 1 saturated heterocycles. The second-order valence-corrected chi connectivity index (χ2v) is 9.63. The highest BCUT2D eigenvalue weighted by Gasteiger charge is 2.41. The monoisotopic (exact) mass is 416 g/mol. The van der Waals surface area contributed by atoms with Gasteiger partial charge in [0.1, 0.15) is 0 Å². The Bertz CT molecular complexity index is 1220. The molecule has 4 heterocycles. The van der Waals surface area contributed by atoms with Crippen LogP contribution in [-0.2, 0) is 10.0 Å². The maximum absolute atomic E-state index is 12.5. The zero-order valence-corrected chi connectivity index (χ0v) is 16.4. The number of hydrogen-bond donors (Lipinski definition) is 1. The van der Waals surface area contributed by atoms with Crippen molar-refractivity contribution in [2.75, 3.05) is 13.1 Å². The standard InChI is InChI=1S/C18H20N6O4S/c25-17-15-5-6-19-9-16(15)21-18(22-17)28-13-8-20-24(11-13)12-2-1-7-23(10-12)29(26,27)14-3-4-14/h5-6,8-9,11-12,14H,1-4,7,10H2,(H,21,22,25). The molecule has 0 spiro atoms. The molecule has 2 aliphatic rings. The van der Waals surface area contributed by atoms with Gasteiger partial charge in [0.15, 0.2) is 5.75 Å². The first kappa shape index (κ1) is 18.3. The van der Waals surface area contributed by atoms with Crippen molar-refractivity contribution in [3.05, 3.63) is 41.2 Å². The SMILES string of the molecule is O=c1[nH]c(Oc2cnn(C3CCCN(S(=O)(=O)C4CC4)C3)c2)nc2cnccc12. The van der Waals surface area contributed by atoms with Crippen molar-refractivity contribution < 1.29 is 13.2 Å². The highest BCUT2D eigenvalue weighted by molar-refractivity contribution is 7.90. The Hall–Kier alpha value is -2.79. The van der Waals surface area contributed by atoms with Crippen LogP contribution in [-0.4, -0.2) is 55.8 Å². The minimum Gasteiger partial charge on any atom is -0.422 e. The number of pyridine rings is 1. The maximum atomic E-state index is 12.5. The minimum atomic E-state index is -3.19. The van der Waals surface area contributed by atoms with E-state index in [9.17, 15) is 13.2 Å². The van der Waals surface area contributed by atoms with Gasteiger partial charge in [-0.05, 0) is 31.7 Å². The fraction of sp³-hybridized carbons (Fsp3) is 0.444. The molecule has 0 amide bonds. The van der Waals surface area contributed by atoms with E-state index in [1.54, 1.807) is 21.3 Å². The molecule has 1 aliphatic carbocycles. The van der Waals surface area contributed by atoms with Crippen molar-refractivity contribution >= 4 is 20.9 Å². The van der Waals surface area contributed by atoms with Crippen LogP contribution >= 0.6 is 0 Å². The zero-order chi connectivity index (χ0) is 20.0. The normalized spacial score (nSPS) is 20.8. The number of H-pyrrole nitrogens is 1. The van der Waals surface area contributed by atoms with Crippen LogP contribution in [0.15, 0.2) is 35.6 Å². The highest BCUT2D eigenvalue weighted by atomic mass is 32.2. The average molecular weight is 416 g/mol. The van der Waals surface area contributed by atoms with E-state index in [0.29, 0.717) is 29.7 Å². The largest absolute Gasteiger partial charge is 0.422 e. The van der Waals surface area contributed by atoms with E-state index in [2.05, 4.69) is 20.1 Å². The number of aromatic nitrogens is 5. The maximum Gasteiger partial charge on any atom is 0.302 e. The molecule has 1 unspecified atom stereocenters. The molecule has 1 aliphatic heterocycles. The molecule has 5 rings (SSSR count). The van der Waals surface area contributed by atoms with Gasteiger partial charge in [-0.1, -0.05) is 0 Å². The number of rotatable bonds is 5. The van der Waals surface area contributed by atoms with E-state index in [0.717, 1.165) is 25.7 Å². The van der Waals surface area contributed by atoms with E-state index in [1.165, 1.54) is 18.6 Å². The molecule has 29 heavy (non-hydrogen) atoms. The lowest BCUT2D eigenvalue weighted by Crippen LogP contribution is -2.42. The third kappa shape index (κ3) is 3.51. The van der Waals surface area contributed by atoms with Gasteiger partial charge in [0, 0.05) is 19.3 Å². The summed E-state index contributed by atoms with van der Waals surface area (Å²) in [5.41, 5.74) is 0.125. The van der Waals surface area contributed by atoms with Crippen LogP contribution in [0.2, 0.25) is 0 Å². The van der Waals surface area contributed by atoms with Gasteiger partial charge < -0.3 is 4.74 Å². The minimum absolute atomic E-state index is 0.0524. The number of aromatic amines is 1. The number of fused-ring (bicyclic) bond motifs is 1. The lowest BCUT2D eigenvalue weighted by molar-refractivity contribution is 0.253. The van der Waals surface area contributed by atoms with Crippen molar-refractivity contribution in [3.63, 3.8) is 0 Å². The Labute approximate surface area is 166 Å². The topological polar surface area (TPSA) is 123 Å². The highest BCUT2D eigenvalue weighted by Crippen LogP contribution is 2.34. The lowest BCUT2D eigenvalue weighted by Gasteiger charge is -2.32. The van der Waals surface area contributed by atoms with E-state index < -0.39 is 10.0 Å². The fourth-order valence-corrected chi connectivity index (χ4v) is 5.56. The number of nitrogens with one attached hydrogen (secondary N) is 1. The van der Waals surface area contributed by atoms with E-state index in [-0.39, 0.29) is 22.9 Å². The van der Waals surface area contributed by atoms with E-state index in [4.69, 9.17) is 4.74 Å². The third-order valence-corrected chi connectivity index (χ3v) is 7.68. The Morgan fingerprint density at radius 1 is 1.21 bits per heavy atom. The molecular formula is C18H20N6O4S. The summed E-state index contributed by atoms with van der Waals surface area (Å²) >= 11 is 0. The van der Waals surface area contributed by atoms with Gasteiger partial charge in [0.2, 0.25) is 10.0 Å². The molecule has 0 radical (unpaired) electrons. The third-order valence-electron chi connectivity index (χ3n) is 5.32. The molecule has 3 aromatic rings. The second kappa shape index (κ2) is 6.92. The Morgan fingerprint density at radius 2 is 2.07 bits per heavy atom. The van der Waals surface area contributed by atoms with E-state index >= 15 is 0 Å². The second-order valence-electron chi connectivity index (χ2n) is 7.42. The molecule has 0 aromatic carbocycles. The Balaban J connectivity index is 1.34. The smallest absolute Gasteiger partial charge is 0.302 e. The van der Waals surface area contributed by atoms with Gasteiger partial charge in [-0.15, -0.1) is 0 Å². The lowest BCUT2D eigenvalue weighted by atomic mass is 10.1. The quantitative estimate of drug-likeness (QED) is 0.667. The zero-order valence-electron chi connectivity index (χ0n) is 15.6. The summed E-state index contributed by atoms with van der Waals surface area (Å²) in [6.45, 7) is 0.979. The molecule has 1 N–H and O–H groups in total. The van der Waals surface area contributed by atoms with Gasteiger partial charge in [-0.2, -0.15) is 14.4 Å². The van der Waals surface area contributed by atoms with Crippen LogP contribution in [0.1, 0.15) is 31.7 Å². The molecule has 2 fully saturated rings. The summed E-state index contributed by atoms with van der Waals surface area (Å²) in [7, 11) is -3.19. The van der Waals surface area contributed by atoms with Gasteiger partial charge in [-0.25, -0.2) is 8.42 Å². The number of sulfonamides is 1. The molecule has 3 aromatic heterocycles. The van der Waals surface area contributed by atoms with Crippen molar-refractivity contribution in [2.24, 2.45) is 0 Å². The van der Waals surface area contributed by atoms with Crippen molar-refractivity contribution in [3.8, 4) is 11.8 Å². The first-order valence-corrected chi connectivity index (χ1v) is 11.1. The van der Waals surface area contributed by atoms with Crippen LogP contribution in [0.5, 0.6) is 11.8 Å². The summed E-state index contributed by atoms with van der Waals surface area (Å²) in [4.78, 5) is 23.0. The van der Waals surface area contributed by atoms with Crippen LogP contribution in [0.4, 0.5) is 0 Å². The van der Waals surface area contributed by atoms with Crippen molar-refractivity contribution in [2.45, 2.75) is 37.0 Å². The van der Waals surface area contributed by atoms with E-state index in [1.807, 2.05) is 0 Å². The molecule has 10 nitrogen and oxygen atoms in total. The van der Waals surface area contributed by atoms with Crippen LogP contribution < -0.4 is 10.3 Å². The molecular weight excluding hydrogens is 396 g/mol. The molecule has 1 saturated carbocycles. The predicted molar refractivity (Wildman–Crippen MR) is 104 cm³/mol. The van der Waals surface area contributed by atoms with Crippen LogP contribution in [0, 0.1) is 0 Å². The first-order chi connectivity index (χ1) is 14.0. The van der Waals surface area contributed by atoms with Crippen molar-refractivity contribution in [1.82, 2.24) is 29.0 Å². The number of piperidine rings is 1. The first-order valence-electron chi connectivity index (χ1n) is 9.56. The Kier molecular flexibility index (Phi) is 4.36. The summed E-state index contributed by atoms with van der Waals surface area (Å²) in [6.07, 6.45) is 9.41. The summed E-state index contributed by atoms with van der Waals surface area (Å²) in [5.74, 6) is 0.415. The molecule has 152 valence electrons. The van der Waals surface area contributed by atoms with Gasteiger partial charge >= 0.3 is 6.01 Å². The van der Waals surface area contributed by atoms with Gasteiger partial charge in [0.25, 0.3) is 5.56 Å². The summed E-state index contributed by atoms with van der Waals surface area (Å²) < 4.78 is 34.1. The number of ether oxygens (including phenoxy) is 1. The molecule has 11 heteroatoms. The Morgan fingerprint density at radius 3 is 2.90 bits per heavy atom. The number of hydrogen-bond acceptors (Lipinski definition) is 7. The molecule has 0 bridgehead atoms. The average Bonchev–Trinajstić information content (AvgIpc) is 3.49. The van der Waals surface area contributed by atoms with Gasteiger partial charge in [-0.3, -0.25) is 19.4 Å². The van der Waals surface area contributed by atoms with Crippen molar-refractivity contribution in [1.29, 1.82) is 0 Å². The summed E-state index contributed by atoms with van der Waals surface area (Å²) in [6, 6.07) is 1.59. The van der Waals surface area contributed by atoms with Crippen LogP contribution in [0.25, 0.3) is 10.9 Å². The summed E-state index contributed by atoms with van der Waals surface area (Å²) in [5, 5.41) is 4.56. The fourth-order valence-electron chi connectivity index (χ4n) is 3.65. The molecule has 1 atom stereocenters. The predicted octanol–water partition coefficient (Wildman–Crippen LogP) is 1.44.